The third kappa shape index (κ3) is 3.09. The van der Waals surface area contributed by atoms with Crippen LogP contribution in [-0.2, 0) is 0 Å². The van der Waals surface area contributed by atoms with E-state index < -0.39 is 11.6 Å². The van der Waals surface area contributed by atoms with Crippen molar-refractivity contribution in [1.82, 2.24) is 0 Å². The van der Waals surface area contributed by atoms with E-state index in [1.807, 2.05) is 55.5 Å². The van der Waals surface area contributed by atoms with E-state index in [2.05, 4.69) is 13.8 Å². The first kappa shape index (κ1) is 16.4. The van der Waals surface area contributed by atoms with Crippen LogP contribution in [0.2, 0.25) is 0 Å². The van der Waals surface area contributed by atoms with E-state index in [4.69, 9.17) is 0 Å². The molecule has 0 unspecified atom stereocenters. The maximum Gasteiger partial charge on any atom is 0.167 e. The Morgan fingerprint density at radius 3 is 1.46 bits per heavy atom. The van der Waals surface area contributed by atoms with Crippen molar-refractivity contribution in [2.75, 3.05) is 0 Å². The highest BCUT2D eigenvalue weighted by Crippen LogP contribution is 2.32. The molecule has 0 aliphatic rings. The summed E-state index contributed by atoms with van der Waals surface area (Å²) in [5.74, 6) is -1.20. The van der Waals surface area contributed by atoms with Gasteiger partial charge in [-0.15, -0.1) is 0 Å². The van der Waals surface area contributed by atoms with E-state index in [-0.39, 0.29) is 5.56 Å². The molecule has 0 spiro atoms. The van der Waals surface area contributed by atoms with Crippen LogP contribution in [-0.4, -0.2) is 0 Å². The molecule has 122 valence electrons. The molecule has 0 heterocycles. The zero-order chi connectivity index (χ0) is 17.3. The summed E-state index contributed by atoms with van der Waals surface area (Å²) in [5.41, 5.74) is 4.20. The standard InChI is InChI=1S/C22H20F2/c1-14(2)16-8-10-18(11-9-16)20-13-12-19(21(23)22(20)24)17-6-4-15(3)5-7-17/h4-14H,1-3H3. The summed E-state index contributed by atoms with van der Waals surface area (Å²) in [6.45, 7) is 6.17. The Balaban J connectivity index is 2.02. The fourth-order valence-electron chi connectivity index (χ4n) is 2.78. The van der Waals surface area contributed by atoms with Crippen LogP contribution in [0.25, 0.3) is 22.3 Å². The van der Waals surface area contributed by atoms with Gasteiger partial charge < -0.3 is 0 Å². The van der Waals surface area contributed by atoms with Crippen LogP contribution >= 0.6 is 0 Å². The third-order valence-electron chi connectivity index (χ3n) is 4.33. The lowest BCUT2D eigenvalue weighted by Crippen LogP contribution is -1.94. The van der Waals surface area contributed by atoms with Gasteiger partial charge in [-0.1, -0.05) is 80.1 Å². The summed E-state index contributed by atoms with van der Waals surface area (Å²) < 4.78 is 29.2. The zero-order valence-electron chi connectivity index (χ0n) is 14.1. The summed E-state index contributed by atoms with van der Waals surface area (Å²) in [6.07, 6.45) is 0. The van der Waals surface area contributed by atoms with Crippen LogP contribution in [0.4, 0.5) is 8.78 Å². The molecule has 0 fully saturated rings. The van der Waals surface area contributed by atoms with Gasteiger partial charge in [-0.3, -0.25) is 0 Å². The molecule has 0 saturated heterocycles. The molecule has 24 heavy (non-hydrogen) atoms. The van der Waals surface area contributed by atoms with Gasteiger partial charge in [-0.25, -0.2) is 8.78 Å². The summed E-state index contributed by atoms with van der Waals surface area (Å²) in [5, 5.41) is 0. The normalized spacial score (nSPS) is 11.1. The molecule has 3 rings (SSSR count). The molecule has 3 aromatic rings. The van der Waals surface area contributed by atoms with Gasteiger partial charge in [0.15, 0.2) is 11.6 Å². The molecular formula is C22H20F2. The smallest absolute Gasteiger partial charge is 0.167 e. The summed E-state index contributed by atoms with van der Waals surface area (Å²) >= 11 is 0. The molecule has 0 aliphatic carbocycles. The van der Waals surface area contributed by atoms with E-state index in [0.29, 0.717) is 22.6 Å². The summed E-state index contributed by atoms with van der Waals surface area (Å²) in [7, 11) is 0. The van der Waals surface area contributed by atoms with Gasteiger partial charge in [0.1, 0.15) is 0 Å². The number of halogens is 2. The van der Waals surface area contributed by atoms with Crippen LogP contribution in [0.5, 0.6) is 0 Å². The van der Waals surface area contributed by atoms with Crippen molar-refractivity contribution in [3.05, 3.63) is 83.4 Å². The van der Waals surface area contributed by atoms with E-state index in [1.54, 1.807) is 12.1 Å². The van der Waals surface area contributed by atoms with Crippen molar-refractivity contribution in [2.24, 2.45) is 0 Å². The van der Waals surface area contributed by atoms with Crippen LogP contribution in [0.15, 0.2) is 60.7 Å². The molecule has 0 nitrogen and oxygen atoms in total. The first-order valence-electron chi connectivity index (χ1n) is 8.12. The molecule has 0 N–H and O–H groups in total. The number of rotatable bonds is 3. The van der Waals surface area contributed by atoms with Crippen LogP contribution in [0.1, 0.15) is 30.9 Å². The van der Waals surface area contributed by atoms with Crippen molar-refractivity contribution in [1.29, 1.82) is 0 Å². The molecule has 0 amide bonds. The number of aryl methyl sites for hydroxylation is 1. The Labute approximate surface area is 141 Å². The number of hydrogen-bond donors (Lipinski definition) is 0. The van der Waals surface area contributed by atoms with E-state index >= 15 is 0 Å². The molecule has 0 atom stereocenters. The second-order valence-corrected chi connectivity index (χ2v) is 6.43. The number of benzene rings is 3. The van der Waals surface area contributed by atoms with Crippen molar-refractivity contribution < 1.29 is 8.78 Å². The lowest BCUT2D eigenvalue weighted by atomic mass is 9.96. The second-order valence-electron chi connectivity index (χ2n) is 6.43. The Morgan fingerprint density at radius 2 is 1.04 bits per heavy atom. The van der Waals surface area contributed by atoms with Gasteiger partial charge in [-0.2, -0.15) is 0 Å². The highest BCUT2D eigenvalue weighted by Gasteiger charge is 2.16. The Bertz CT molecular complexity index is 844. The predicted octanol–water partition coefficient (Wildman–Crippen LogP) is 6.73. The third-order valence-corrected chi connectivity index (χ3v) is 4.33. The topological polar surface area (TPSA) is 0 Å². The van der Waals surface area contributed by atoms with E-state index in [0.717, 1.165) is 5.56 Å². The van der Waals surface area contributed by atoms with Gasteiger partial charge in [0.25, 0.3) is 0 Å². The van der Waals surface area contributed by atoms with Gasteiger partial charge in [0.05, 0.1) is 0 Å². The minimum absolute atomic E-state index is 0.287. The molecule has 0 bridgehead atoms. The van der Waals surface area contributed by atoms with E-state index in [9.17, 15) is 8.78 Å². The van der Waals surface area contributed by atoms with Crippen LogP contribution in [0.3, 0.4) is 0 Å². The zero-order valence-corrected chi connectivity index (χ0v) is 14.1. The lowest BCUT2D eigenvalue weighted by Gasteiger charge is -2.11. The maximum atomic E-state index is 14.6. The SMILES string of the molecule is Cc1ccc(-c2ccc(-c3ccc(C(C)C)cc3)c(F)c2F)cc1. The average Bonchev–Trinajstić information content (AvgIpc) is 2.58. The quantitative estimate of drug-likeness (QED) is 0.501. The Morgan fingerprint density at radius 1 is 0.625 bits per heavy atom. The predicted molar refractivity (Wildman–Crippen MR) is 96.1 cm³/mol. The molecule has 0 radical (unpaired) electrons. The van der Waals surface area contributed by atoms with Gasteiger partial charge in [-0.05, 0) is 29.5 Å². The molecular weight excluding hydrogens is 302 g/mol. The first-order chi connectivity index (χ1) is 11.5. The summed E-state index contributed by atoms with van der Waals surface area (Å²) in [6, 6.07) is 18.3. The molecule has 2 heteroatoms. The van der Waals surface area contributed by atoms with Gasteiger partial charge in [0.2, 0.25) is 0 Å². The molecule has 3 aromatic carbocycles. The largest absolute Gasteiger partial charge is 0.203 e. The van der Waals surface area contributed by atoms with E-state index in [1.165, 1.54) is 5.56 Å². The molecule has 0 aliphatic heterocycles. The number of hydrogen-bond acceptors (Lipinski definition) is 0. The highest BCUT2D eigenvalue weighted by atomic mass is 19.2. The fourth-order valence-corrected chi connectivity index (χ4v) is 2.78. The minimum Gasteiger partial charge on any atom is -0.203 e. The molecule has 0 saturated carbocycles. The van der Waals surface area contributed by atoms with Crippen LogP contribution in [0, 0.1) is 18.6 Å². The first-order valence-corrected chi connectivity index (χ1v) is 8.12. The van der Waals surface area contributed by atoms with Crippen molar-refractivity contribution in [3.63, 3.8) is 0 Å². The minimum atomic E-state index is -0.802. The maximum absolute atomic E-state index is 14.6. The Hall–Kier alpha value is -2.48. The molecule has 0 aromatic heterocycles. The lowest BCUT2D eigenvalue weighted by molar-refractivity contribution is 0.514. The fraction of sp³-hybridized carbons (Fsp3) is 0.182. The van der Waals surface area contributed by atoms with Crippen LogP contribution < -0.4 is 0 Å². The average molecular weight is 322 g/mol. The Kier molecular flexibility index (Phi) is 4.48. The second kappa shape index (κ2) is 6.56. The van der Waals surface area contributed by atoms with Crippen molar-refractivity contribution in [3.8, 4) is 22.3 Å². The van der Waals surface area contributed by atoms with Crippen molar-refractivity contribution >= 4 is 0 Å². The van der Waals surface area contributed by atoms with Gasteiger partial charge in [0, 0.05) is 11.1 Å². The summed E-state index contributed by atoms with van der Waals surface area (Å²) in [4.78, 5) is 0. The van der Waals surface area contributed by atoms with Gasteiger partial charge >= 0.3 is 0 Å². The van der Waals surface area contributed by atoms with Crippen molar-refractivity contribution in [2.45, 2.75) is 26.7 Å². The highest BCUT2D eigenvalue weighted by molar-refractivity contribution is 5.72. The monoisotopic (exact) mass is 322 g/mol.